The first-order valence-electron chi connectivity index (χ1n) is 3.61. The molecule has 0 aliphatic rings. The maximum atomic E-state index is 7.19. The summed E-state index contributed by atoms with van der Waals surface area (Å²) in [5.74, 6) is 0. The summed E-state index contributed by atoms with van der Waals surface area (Å²) in [7, 11) is 0. The van der Waals surface area contributed by atoms with E-state index in [-0.39, 0.29) is 0 Å². The van der Waals surface area contributed by atoms with Crippen molar-refractivity contribution in [3.05, 3.63) is 40.4 Å². The van der Waals surface area contributed by atoms with Crippen molar-refractivity contribution < 1.29 is 0 Å². The van der Waals surface area contributed by atoms with Crippen LogP contribution in [-0.4, -0.2) is 6.21 Å². The summed E-state index contributed by atoms with van der Waals surface area (Å²) in [4.78, 5) is 0. The molecule has 0 fully saturated rings. The third kappa shape index (κ3) is 1.64. The maximum absolute atomic E-state index is 7.19. The van der Waals surface area contributed by atoms with Gasteiger partial charge >= 0.3 is 0 Å². The van der Waals surface area contributed by atoms with Gasteiger partial charge in [0.25, 0.3) is 0 Å². The molecule has 0 amide bonds. The molecular weight excluding hydrogens is 214 g/mol. The summed E-state index contributed by atoms with van der Waals surface area (Å²) in [6, 6.07) is 5.77. The standard InChI is InChI=1S/C10H10BrN/c1-7(2)10-8(6-12)4-3-5-9(10)11/h3-6,12H,1H2,2H3. The molecule has 0 aliphatic carbocycles. The fraction of sp³-hybridized carbons (Fsp3) is 0.100. The highest BCUT2D eigenvalue weighted by Crippen LogP contribution is 2.25. The fourth-order valence-corrected chi connectivity index (χ4v) is 1.83. The Morgan fingerprint density at radius 2 is 2.25 bits per heavy atom. The van der Waals surface area contributed by atoms with E-state index in [0.717, 1.165) is 21.2 Å². The van der Waals surface area contributed by atoms with Crippen molar-refractivity contribution in [1.29, 1.82) is 5.41 Å². The minimum absolute atomic E-state index is 0.900. The Morgan fingerprint density at radius 3 is 2.67 bits per heavy atom. The Morgan fingerprint density at radius 1 is 1.58 bits per heavy atom. The van der Waals surface area contributed by atoms with Gasteiger partial charge in [-0.25, -0.2) is 0 Å². The van der Waals surface area contributed by atoms with Crippen LogP contribution < -0.4 is 0 Å². The molecule has 0 radical (unpaired) electrons. The number of hydrogen-bond acceptors (Lipinski definition) is 1. The van der Waals surface area contributed by atoms with Crippen LogP contribution in [0.25, 0.3) is 5.57 Å². The quantitative estimate of drug-likeness (QED) is 0.743. The van der Waals surface area contributed by atoms with Crippen LogP contribution in [0.3, 0.4) is 0 Å². The molecule has 0 saturated carbocycles. The van der Waals surface area contributed by atoms with Gasteiger partial charge in [0.15, 0.2) is 0 Å². The van der Waals surface area contributed by atoms with Gasteiger partial charge in [-0.2, -0.15) is 0 Å². The smallest absolute Gasteiger partial charge is 0.0256 e. The number of allylic oxidation sites excluding steroid dienone is 1. The third-order valence-corrected chi connectivity index (χ3v) is 2.29. The molecule has 0 heterocycles. The first-order valence-corrected chi connectivity index (χ1v) is 4.41. The SMILES string of the molecule is C=C(C)c1c(Br)cccc1C=N. The van der Waals surface area contributed by atoms with E-state index in [2.05, 4.69) is 22.5 Å². The molecule has 1 N–H and O–H groups in total. The second-order valence-electron chi connectivity index (χ2n) is 2.63. The van der Waals surface area contributed by atoms with E-state index in [1.54, 1.807) is 0 Å². The molecule has 62 valence electrons. The van der Waals surface area contributed by atoms with Gasteiger partial charge in [0.1, 0.15) is 0 Å². The summed E-state index contributed by atoms with van der Waals surface area (Å²) in [5, 5.41) is 7.19. The van der Waals surface area contributed by atoms with Crippen molar-refractivity contribution in [2.45, 2.75) is 6.92 Å². The normalized spacial score (nSPS) is 9.50. The molecule has 1 aromatic rings. The van der Waals surface area contributed by atoms with E-state index in [9.17, 15) is 0 Å². The lowest BCUT2D eigenvalue weighted by molar-refractivity contribution is 1.48. The van der Waals surface area contributed by atoms with E-state index < -0.39 is 0 Å². The van der Waals surface area contributed by atoms with E-state index in [4.69, 9.17) is 5.41 Å². The lowest BCUT2D eigenvalue weighted by Gasteiger charge is -2.06. The van der Waals surface area contributed by atoms with Crippen molar-refractivity contribution in [3.63, 3.8) is 0 Å². The van der Waals surface area contributed by atoms with Crippen LogP contribution in [0.15, 0.2) is 29.3 Å². The van der Waals surface area contributed by atoms with Crippen LogP contribution >= 0.6 is 15.9 Å². The third-order valence-electron chi connectivity index (χ3n) is 1.63. The Labute approximate surface area is 80.8 Å². The highest BCUT2D eigenvalue weighted by atomic mass is 79.9. The monoisotopic (exact) mass is 223 g/mol. The number of halogens is 1. The summed E-state index contributed by atoms with van der Waals surface area (Å²) in [6.45, 7) is 5.80. The van der Waals surface area contributed by atoms with Crippen LogP contribution in [0.2, 0.25) is 0 Å². The molecule has 0 bridgehead atoms. The number of rotatable bonds is 2. The van der Waals surface area contributed by atoms with Gasteiger partial charge < -0.3 is 5.41 Å². The average Bonchev–Trinajstić information content (AvgIpc) is 2.03. The Kier molecular flexibility index (Phi) is 2.82. The number of benzene rings is 1. The van der Waals surface area contributed by atoms with Crippen LogP contribution in [0.1, 0.15) is 18.1 Å². The molecule has 0 aliphatic heterocycles. The van der Waals surface area contributed by atoms with E-state index in [1.807, 2.05) is 25.1 Å². The van der Waals surface area contributed by atoms with Crippen LogP contribution in [0.4, 0.5) is 0 Å². The molecule has 1 aromatic carbocycles. The first-order chi connectivity index (χ1) is 5.66. The highest BCUT2D eigenvalue weighted by Gasteiger charge is 2.03. The predicted molar refractivity (Wildman–Crippen MR) is 56.7 cm³/mol. The number of hydrogen-bond donors (Lipinski definition) is 1. The maximum Gasteiger partial charge on any atom is 0.0256 e. The Hall–Kier alpha value is -0.890. The lowest BCUT2D eigenvalue weighted by atomic mass is 10.0. The molecular formula is C10H10BrN. The van der Waals surface area contributed by atoms with Gasteiger partial charge in [-0.15, -0.1) is 0 Å². The minimum atomic E-state index is 0.900. The van der Waals surface area contributed by atoms with Crippen LogP contribution in [0, 0.1) is 5.41 Å². The largest absolute Gasteiger partial charge is 0.308 e. The van der Waals surface area contributed by atoms with Crippen LogP contribution in [0.5, 0.6) is 0 Å². The van der Waals surface area contributed by atoms with Crippen molar-refractivity contribution in [3.8, 4) is 0 Å². The minimum Gasteiger partial charge on any atom is -0.308 e. The van der Waals surface area contributed by atoms with Crippen molar-refractivity contribution >= 4 is 27.7 Å². The molecule has 0 atom stereocenters. The zero-order valence-electron chi connectivity index (χ0n) is 6.89. The van der Waals surface area contributed by atoms with Gasteiger partial charge in [-0.05, 0) is 24.1 Å². The summed E-state index contributed by atoms with van der Waals surface area (Å²) in [5.41, 5.74) is 2.89. The Bertz CT molecular complexity index is 329. The second-order valence-corrected chi connectivity index (χ2v) is 3.48. The first kappa shape index (κ1) is 9.20. The van der Waals surface area contributed by atoms with Gasteiger partial charge in [0.05, 0.1) is 0 Å². The Balaban J connectivity index is 3.39. The zero-order valence-corrected chi connectivity index (χ0v) is 8.48. The van der Waals surface area contributed by atoms with Crippen LogP contribution in [-0.2, 0) is 0 Å². The molecule has 0 spiro atoms. The lowest BCUT2D eigenvalue weighted by Crippen LogP contribution is -1.89. The van der Waals surface area contributed by atoms with E-state index >= 15 is 0 Å². The molecule has 2 heteroatoms. The second kappa shape index (κ2) is 3.68. The molecule has 12 heavy (non-hydrogen) atoms. The average molecular weight is 224 g/mol. The molecule has 1 nitrogen and oxygen atoms in total. The zero-order chi connectivity index (χ0) is 9.14. The van der Waals surface area contributed by atoms with Gasteiger partial charge in [-0.1, -0.05) is 34.6 Å². The van der Waals surface area contributed by atoms with Crippen molar-refractivity contribution in [1.82, 2.24) is 0 Å². The fourth-order valence-electron chi connectivity index (χ4n) is 1.11. The molecule has 0 saturated heterocycles. The van der Waals surface area contributed by atoms with Gasteiger partial charge in [-0.3, -0.25) is 0 Å². The van der Waals surface area contributed by atoms with Gasteiger partial charge in [0, 0.05) is 16.3 Å². The number of nitrogens with one attached hydrogen (secondary N) is 1. The van der Waals surface area contributed by atoms with E-state index in [1.165, 1.54) is 6.21 Å². The summed E-state index contributed by atoms with van der Waals surface area (Å²) < 4.78 is 0.996. The summed E-state index contributed by atoms with van der Waals surface area (Å²) >= 11 is 3.42. The topological polar surface area (TPSA) is 23.9 Å². The summed E-state index contributed by atoms with van der Waals surface area (Å²) in [6.07, 6.45) is 1.34. The predicted octanol–water partition coefficient (Wildman–Crippen LogP) is 3.48. The van der Waals surface area contributed by atoms with Gasteiger partial charge in [0.2, 0.25) is 0 Å². The molecule has 0 aromatic heterocycles. The van der Waals surface area contributed by atoms with Crippen molar-refractivity contribution in [2.24, 2.45) is 0 Å². The molecule has 1 rings (SSSR count). The highest BCUT2D eigenvalue weighted by molar-refractivity contribution is 9.10. The van der Waals surface area contributed by atoms with E-state index in [0.29, 0.717) is 0 Å². The van der Waals surface area contributed by atoms with Crippen molar-refractivity contribution in [2.75, 3.05) is 0 Å². The molecule has 0 unspecified atom stereocenters.